The molecule has 0 fully saturated rings. The van der Waals surface area contributed by atoms with E-state index in [0.717, 1.165) is 34.5 Å². The van der Waals surface area contributed by atoms with Crippen LogP contribution in [0.4, 0.5) is 16.2 Å². The van der Waals surface area contributed by atoms with Gasteiger partial charge in [0, 0.05) is 25.4 Å². The first-order valence-electron chi connectivity index (χ1n) is 13.8. The molecular weight excluding hydrogens is 572 g/mol. The van der Waals surface area contributed by atoms with Crippen molar-refractivity contribution in [3.8, 4) is 0 Å². The van der Waals surface area contributed by atoms with E-state index in [1.165, 1.54) is 17.0 Å². The molecule has 43 heavy (non-hydrogen) atoms. The third kappa shape index (κ3) is 10.0. The lowest BCUT2D eigenvalue weighted by Crippen LogP contribution is -2.34. The number of nitrogens with zero attached hydrogens (tertiary/aromatic N) is 2. The summed E-state index contributed by atoms with van der Waals surface area (Å²) in [5.41, 5.74) is 2.55. The molecule has 2 unspecified atom stereocenters. The van der Waals surface area contributed by atoms with Gasteiger partial charge in [0.2, 0.25) is 0 Å². The number of nitro benzene ring substituents is 1. The summed E-state index contributed by atoms with van der Waals surface area (Å²) in [6.07, 6.45) is 2.84. The molecule has 0 aliphatic carbocycles. The van der Waals surface area contributed by atoms with Crippen LogP contribution in [0.3, 0.4) is 0 Å². The Morgan fingerprint density at radius 1 is 0.953 bits per heavy atom. The molecule has 2 atom stereocenters. The molecule has 0 saturated carbocycles. The Hall–Kier alpha value is -4.06. The Balaban J connectivity index is 1.49. The van der Waals surface area contributed by atoms with Crippen LogP contribution in [0.2, 0.25) is 0 Å². The van der Waals surface area contributed by atoms with Crippen molar-refractivity contribution >= 4 is 39.7 Å². The van der Waals surface area contributed by atoms with Gasteiger partial charge in [0.15, 0.2) is 4.90 Å². The van der Waals surface area contributed by atoms with Crippen molar-refractivity contribution in [1.82, 2.24) is 0 Å². The van der Waals surface area contributed by atoms with Crippen LogP contribution in [0.5, 0.6) is 0 Å². The number of ether oxygens (including phenoxy) is 2. The summed E-state index contributed by atoms with van der Waals surface area (Å²) in [7, 11) is -2.64. The van der Waals surface area contributed by atoms with Crippen molar-refractivity contribution in [1.29, 1.82) is 0 Å². The number of hydrogen-bond acceptors (Lipinski definition) is 8. The van der Waals surface area contributed by atoms with Gasteiger partial charge in [0.25, 0.3) is 5.69 Å². The lowest BCUT2D eigenvalue weighted by atomic mass is 10.1. The van der Waals surface area contributed by atoms with Crippen LogP contribution in [-0.4, -0.2) is 44.8 Å². The predicted molar refractivity (Wildman–Crippen MR) is 166 cm³/mol. The number of para-hydroxylation sites is 1. The average molecular weight is 611 g/mol. The predicted octanol–water partition coefficient (Wildman–Crippen LogP) is 7.40. The first-order valence-corrected chi connectivity index (χ1v) is 15.2. The molecule has 3 aromatic carbocycles. The van der Waals surface area contributed by atoms with E-state index in [0.29, 0.717) is 0 Å². The van der Waals surface area contributed by atoms with E-state index < -0.39 is 43.4 Å². The summed E-state index contributed by atoms with van der Waals surface area (Å²) >= 11 is 0. The van der Waals surface area contributed by atoms with Gasteiger partial charge in [-0.1, -0.05) is 60.7 Å². The summed E-state index contributed by atoms with van der Waals surface area (Å²) in [4.78, 5) is 23.7. The Morgan fingerprint density at radius 3 is 2.07 bits per heavy atom. The number of amides is 1. The van der Waals surface area contributed by atoms with Crippen LogP contribution in [0.1, 0.15) is 63.8 Å². The lowest BCUT2D eigenvalue weighted by molar-refractivity contribution is -0.387. The minimum atomic E-state index is -4.31. The van der Waals surface area contributed by atoms with E-state index in [2.05, 4.69) is 0 Å². The van der Waals surface area contributed by atoms with Crippen molar-refractivity contribution in [3.63, 3.8) is 0 Å². The Kier molecular flexibility index (Phi) is 11.2. The molecule has 10 nitrogen and oxygen atoms in total. The van der Waals surface area contributed by atoms with E-state index in [1.54, 1.807) is 14.0 Å². The second-order valence-electron chi connectivity index (χ2n) is 11.0. The van der Waals surface area contributed by atoms with Gasteiger partial charge in [0.05, 0.1) is 17.1 Å². The zero-order chi connectivity index (χ0) is 31.8. The number of carbonyl (C=O) groups excluding carboxylic acids is 1. The van der Waals surface area contributed by atoms with Crippen molar-refractivity contribution in [2.24, 2.45) is 0 Å². The Labute approximate surface area is 253 Å². The zero-order valence-corrected chi connectivity index (χ0v) is 26.0. The van der Waals surface area contributed by atoms with Gasteiger partial charge in [-0.2, -0.15) is 8.42 Å². The largest absolute Gasteiger partial charge is 0.443 e. The molecule has 0 aliphatic rings. The van der Waals surface area contributed by atoms with Crippen LogP contribution in [0.25, 0.3) is 12.2 Å². The maximum atomic E-state index is 12.6. The third-order valence-corrected chi connectivity index (χ3v) is 7.80. The van der Waals surface area contributed by atoms with E-state index in [-0.39, 0.29) is 19.1 Å². The standard InChI is InChI=1S/C32H38N2O8S/c1-23(42-43(38,39)30-10-8-7-9-29(30)34(36)37)21-22-40-24(2)27-17-13-25(14-18-27)11-12-26-15-19-28(20-16-26)33(6)31(35)41-32(3,4)5/h7-20,23-24H,21-22H2,1-6H3/b12-11+. The zero-order valence-electron chi connectivity index (χ0n) is 25.2. The molecule has 0 N–H and O–H groups in total. The second-order valence-corrected chi connectivity index (χ2v) is 12.6. The van der Waals surface area contributed by atoms with Crippen LogP contribution >= 0.6 is 0 Å². The van der Waals surface area contributed by atoms with Crippen molar-refractivity contribution in [2.75, 3.05) is 18.6 Å². The number of carbonyl (C=O) groups is 1. The monoisotopic (exact) mass is 610 g/mol. The summed E-state index contributed by atoms with van der Waals surface area (Å²) in [6.45, 7) is 9.19. The van der Waals surface area contributed by atoms with E-state index >= 15 is 0 Å². The Morgan fingerprint density at radius 2 is 1.51 bits per heavy atom. The number of rotatable bonds is 12. The second kappa shape index (κ2) is 14.4. The lowest BCUT2D eigenvalue weighted by Gasteiger charge is -2.24. The normalized spacial score (nSPS) is 13.4. The molecule has 0 aromatic heterocycles. The van der Waals surface area contributed by atoms with Gasteiger partial charge < -0.3 is 9.47 Å². The first kappa shape index (κ1) is 33.4. The van der Waals surface area contributed by atoms with Crippen molar-refractivity contribution in [3.05, 3.63) is 99.6 Å². The smallest absolute Gasteiger partial charge is 0.414 e. The van der Waals surface area contributed by atoms with Gasteiger partial charge in [-0.15, -0.1) is 0 Å². The summed E-state index contributed by atoms with van der Waals surface area (Å²) in [5.74, 6) is 0. The quantitative estimate of drug-likeness (QED) is 0.0899. The van der Waals surface area contributed by atoms with E-state index in [1.807, 2.05) is 88.4 Å². The molecule has 0 saturated heterocycles. The van der Waals surface area contributed by atoms with Gasteiger partial charge in [-0.05, 0) is 75.9 Å². The number of hydrogen-bond donors (Lipinski definition) is 0. The Bertz CT molecular complexity index is 1530. The topological polar surface area (TPSA) is 125 Å². The summed E-state index contributed by atoms with van der Waals surface area (Å²) in [6, 6.07) is 20.5. The van der Waals surface area contributed by atoms with Crippen molar-refractivity contribution in [2.45, 2.75) is 63.7 Å². The number of nitro groups is 1. The van der Waals surface area contributed by atoms with Crippen LogP contribution in [0.15, 0.2) is 77.7 Å². The van der Waals surface area contributed by atoms with Crippen LogP contribution in [-0.2, 0) is 23.8 Å². The van der Waals surface area contributed by atoms with Gasteiger partial charge in [-0.3, -0.25) is 19.2 Å². The molecule has 0 radical (unpaired) electrons. The fourth-order valence-corrected chi connectivity index (χ4v) is 5.23. The molecule has 3 rings (SSSR count). The number of benzene rings is 3. The minimum Gasteiger partial charge on any atom is -0.443 e. The highest BCUT2D eigenvalue weighted by Gasteiger charge is 2.28. The molecule has 0 bridgehead atoms. The van der Waals surface area contributed by atoms with E-state index in [9.17, 15) is 23.3 Å². The molecule has 11 heteroatoms. The summed E-state index contributed by atoms with van der Waals surface area (Å²) < 4.78 is 41.6. The van der Waals surface area contributed by atoms with Gasteiger partial charge >= 0.3 is 16.2 Å². The molecule has 1 amide bonds. The summed E-state index contributed by atoms with van der Waals surface area (Å²) in [5, 5.41) is 11.2. The number of anilines is 1. The molecule has 230 valence electrons. The minimum absolute atomic E-state index is 0.232. The molecule has 0 spiro atoms. The highest BCUT2D eigenvalue weighted by Crippen LogP contribution is 2.26. The van der Waals surface area contributed by atoms with Gasteiger partial charge in [-0.25, -0.2) is 4.79 Å². The maximum Gasteiger partial charge on any atom is 0.414 e. The van der Waals surface area contributed by atoms with E-state index in [4.69, 9.17) is 13.7 Å². The molecule has 0 heterocycles. The first-order chi connectivity index (χ1) is 20.2. The van der Waals surface area contributed by atoms with Gasteiger partial charge in [0.1, 0.15) is 5.60 Å². The third-order valence-electron chi connectivity index (χ3n) is 6.34. The van der Waals surface area contributed by atoms with Crippen LogP contribution < -0.4 is 4.90 Å². The molecule has 3 aromatic rings. The SMILES string of the molecule is CC(CCOC(C)c1ccc(/C=C/c2ccc(N(C)C(=O)OC(C)(C)C)cc2)cc1)OS(=O)(=O)c1ccccc1[N+](=O)[O-]. The highest BCUT2D eigenvalue weighted by atomic mass is 32.2. The molecule has 0 aliphatic heterocycles. The molecular formula is C32H38N2O8S. The average Bonchev–Trinajstić information content (AvgIpc) is 2.95. The van der Waals surface area contributed by atoms with Crippen LogP contribution in [0, 0.1) is 10.1 Å². The fraction of sp³-hybridized carbons (Fsp3) is 0.344. The highest BCUT2D eigenvalue weighted by molar-refractivity contribution is 7.87. The fourth-order valence-electron chi connectivity index (χ4n) is 3.96. The maximum absolute atomic E-state index is 12.6. The van der Waals surface area contributed by atoms with Crippen molar-refractivity contribution < 1.29 is 31.8 Å².